The highest BCUT2D eigenvalue weighted by Crippen LogP contribution is 2.23. The van der Waals surface area contributed by atoms with Crippen LogP contribution in [0.5, 0.6) is 0 Å². The molecule has 1 aliphatic heterocycles. The second-order valence-electron chi connectivity index (χ2n) is 5.74. The van der Waals surface area contributed by atoms with Gasteiger partial charge < -0.3 is 10.0 Å². The standard InChI is InChI=1S/C17H22ClNO2/c1-12(10-14-6-3-4-8-16(14)18)17(21)19-9-5-7-15(11-19)13(2)20/h3-4,6,8,10,13,15,20H,5,7,9,11H2,1-2H3/b12-10+. The van der Waals surface area contributed by atoms with Crippen LogP contribution < -0.4 is 0 Å². The van der Waals surface area contributed by atoms with Gasteiger partial charge in [-0.1, -0.05) is 29.8 Å². The summed E-state index contributed by atoms with van der Waals surface area (Å²) in [6.07, 6.45) is 3.39. The lowest BCUT2D eigenvalue weighted by atomic mass is 9.93. The Morgan fingerprint density at radius 1 is 1.48 bits per heavy atom. The van der Waals surface area contributed by atoms with E-state index in [0.717, 1.165) is 24.9 Å². The van der Waals surface area contributed by atoms with E-state index in [9.17, 15) is 9.90 Å². The molecule has 114 valence electrons. The molecule has 1 aromatic carbocycles. The molecule has 1 amide bonds. The van der Waals surface area contributed by atoms with Gasteiger partial charge >= 0.3 is 0 Å². The van der Waals surface area contributed by atoms with E-state index in [1.165, 1.54) is 0 Å². The van der Waals surface area contributed by atoms with Crippen LogP contribution in [0.15, 0.2) is 29.8 Å². The minimum Gasteiger partial charge on any atom is -0.393 e. The van der Waals surface area contributed by atoms with Crippen LogP contribution in [0.3, 0.4) is 0 Å². The average Bonchev–Trinajstić information content (AvgIpc) is 2.49. The summed E-state index contributed by atoms with van der Waals surface area (Å²) in [5.41, 5.74) is 1.53. The molecule has 0 spiro atoms. The van der Waals surface area contributed by atoms with Crippen molar-refractivity contribution in [3.63, 3.8) is 0 Å². The van der Waals surface area contributed by atoms with Crippen LogP contribution >= 0.6 is 11.6 Å². The third-order valence-corrected chi connectivity index (χ3v) is 4.39. The molecule has 1 heterocycles. The van der Waals surface area contributed by atoms with E-state index in [-0.39, 0.29) is 17.9 Å². The van der Waals surface area contributed by atoms with Gasteiger partial charge in [-0.3, -0.25) is 4.79 Å². The zero-order chi connectivity index (χ0) is 15.4. The van der Waals surface area contributed by atoms with Crippen LogP contribution in [-0.2, 0) is 4.79 Å². The van der Waals surface area contributed by atoms with E-state index in [2.05, 4.69) is 0 Å². The first-order chi connectivity index (χ1) is 9.99. The lowest BCUT2D eigenvalue weighted by molar-refractivity contribution is -0.129. The molecular formula is C17H22ClNO2. The molecular weight excluding hydrogens is 286 g/mol. The number of amides is 1. The molecule has 1 aromatic rings. The van der Waals surface area contributed by atoms with E-state index >= 15 is 0 Å². The van der Waals surface area contributed by atoms with Crippen molar-refractivity contribution in [3.05, 3.63) is 40.4 Å². The number of benzene rings is 1. The molecule has 3 nitrogen and oxygen atoms in total. The average molecular weight is 308 g/mol. The topological polar surface area (TPSA) is 40.5 Å². The Hall–Kier alpha value is -1.32. The number of hydrogen-bond acceptors (Lipinski definition) is 2. The number of piperidine rings is 1. The van der Waals surface area contributed by atoms with Gasteiger partial charge in [0.2, 0.25) is 5.91 Å². The van der Waals surface area contributed by atoms with E-state index < -0.39 is 0 Å². The molecule has 2 atom stereocenters. The molecule has 0 bridgehead atoms. The van der Waals surface area contributed by atoms with Crippen molar-refractivity contribution >= 4 is 23.6 Å². The maximum atomic E-state index is 12.5. The highest BCUT2D eigenvalue weighted by atomic mass is 35.5. The lowest BCUT2D eigenvalue weighted by Crippen LogP contribution is -2.43. The number of aliphatic hydroxyl groups excluding tert-OH is 1. The third kappa shape index (κ3) is 4.08. The summed E-state index contributed by atoms with van der Waals surface area (Å²) in [6, 6.07) is 7.48. The van der Waals surface area contributed by atoms with Crippen molar-refractivity contribution in [2.45, 2.75) is 32.8 Å². The molecule has 0 radical (unpaired) electrons. The summed E-state index contributed by atoms with van der Waals surface area (Å²) >= 11 is 6.12. The van der Waals surface area contributed by atoms with E-state index in [0.29, 0.717) is 17.1 Å². The second kappa shape index (κ2) is 7.10. The predicted molar refractivity (Wildman–Crippen MR) is 86.1 cm³/mol. The normalized spacial score (nSPS) is 21.2. The maximum Gasteiger partial charge on any atom is 0.249 e. The molecule has 1 N–H and O–H groups in total. The molecule has 1 saturated heterocycles. The van der Waals surface area contributed by atoms with Gasteiger partial charge in [0.1, 0.15) is 0 Å². The third-order valence-electron chi connectivity index (χ3n) is 4.04. The monoisotopic (exact) mass is 307 g/mol. The molecule has 2 unspecified atom stereocenters. The first kappa shape index (κ1) is 16.1. The Morgan fingerprint density at radius 3 is 2.86 bits per heavy atom. The van der Waals surface area contributed by atoms with Crippen LogP contribution in [-0.4, -0.2) is 35.1 Å². The number of carbonyl (C=O) groups excluding carboxylic acids is 1. The number of rotatable bonds is 3. The lowest BCUT2D eigenvalue weighted by Gasteiger charge is -2.34. The fraction of sp³-hybridized carbons (Fsp3) is 0.471. The second-order valence-corrected chi connectivity index (χ2v) is 6.15. The Kier molecular flexibility index (Phi) is 5.43. The van der Waals surface area contributed by atoms with Gasteiger partial charge in [-0.05, 0) is 44.4 Å². The van der Waals surface area contributed by atoms with Crippen LogP contribution in [0.2, 0.25) is 5.02 Å². The highest BCUT2D eigenvalue weighted by Gasteiger charge is 2.26. The number of hydrogen-bond donors (Lipinski definition) is 1. The van der Waals surface area contributed by atoms with Crippen LogP contribution in [0, 0.1) is 5.92 Å². The SMILES string of the molecule is C/C(=C\c1ccccc1Cl)C(=O)N1CCCC(C(C)O)C1. The van der Waals surface area contributed by atoms with Gasteiger partial charge in [-0.15, -0.1) is 0 Å². The van der Waals surface area contributed by atoms with Gasteiger partial charge in [0, 0.05) is 29.6 Å². The molecule has 0 saturated carbocycles. The predicted octanol–water partition coefficient (Wildman–Crippen LogP) is 3.36. The van der Waals surface area contributed by atoms with E-state index in [4.69, 9.17) is 11.6 Å². The van der Waals surface area contributed by atoms with E-state index in [1.54, 1.807) is 6.92 Å². The molecule has 21 heavy (non-hydrogen) atoms. The summed E-state index contributed by atoms with van der Waals surface area (Å²) < 4.78 is 0. The first-order valence-electron chi connectivity index (χ1n) is 7.39. The maximum absolute atomic E-state index is 12.5. The minimum absolute atomic E-state index is 0.0280. The number of nitrogens with zero attached hydrogens (tertiary/aromatic N) is 1. The Bertz CT molecular complexity index is 539. The number of carbonyl (C=O) groups is 1. The summed E-state index contributed by atoms with van der Waals surface area (Å²) in [7, 11) is 0. The minimum atomic E-state index is -0.367. The molecule has 0 aliphatic carbocycles. The molecule has 1 aliphatic rings. The van der Waals surface area contributed by atoms with Gasteiger partial charge in [-0.25, -0.2) is 0 Å². The zero-order valence-electron chi connectivity index (χ0n) is 12.6. The number of halogens is 1. The zero-order valence-corrected chi connectivity index (χ0v) is 13.3. The Labute approximate surface area is 131 Å². The summed E-state index contributed by atoms with van der Waals surface area (Å²) in [6.45, 7) is 5.00. The number of aliphatic hydroxyl groups is 1. The van der Waals surface area contributed by atoms with E-state index in [1.807, 2.05) is 42.2 Å². The summed E-state index contributed by atoms with van der Waals surface area (Å²) in [4.78, 5) is 14.4. The molecule has 4 heteroatoms. The quantitative estimate of drug-likeness (QED) is 0.870. The van der Waals surface area contributed by atoms with Crippen molar-refractivity contribution in [3.8, 4) is 0 Å². The highest BCUT2D eigenvalue weighted by molar-refractivity contribution is 6.32. The van der Waals surface area contributed by atoms with Crippen molar-refractivity contribution in [2.24, 2.45) is 5.92 Å². The number of likely N-dealkylation sites (tertiary alicyclic amines) is 1. The van der Waals surface area contributed by atoms with Crippen LogP contribution in [0.4, 0.5) is 0 Å². The molecule has 0 aromatic heterocycles. The van der Waals surface area contributed by atoms with Gasteiger partial charge in [0.25, 0.3) is 0 Å². The van der Waals surface area contributed by atoms with Gasteiger partial charge in [0.15, 0.2) is 0 Å². The summed E-state index contributed by atoms with van der Waals surface area (Å²) in [5.74, 6) is 0.205. The van der Waals surface area contributed by atoms with Crippen LogP contribution in [0.1, 0.15) is 32.3 Å². The fourth-order valence-corrected chi connectivity index (χ4v) is 2.92. The Morgan fingerprint density at radius 2 is 2.19 bits per heavy atom. The van der Waals surface area contributed by atoms with Crippen molar-refractivity contribution < 1.29 is 9.90 Å². The fourth-order valence-electron chi connectivity index (χ4n) is 2.72. The van der Waals surface area contributed by atoms with Crippen molar-refractivity contribution in [1.82, 2.24) is 4.90 Å². The molecule has 1 fully saturated rings. The van der Waals surface area contributed by atoms with Crippen molar-refractivity contribution in [2.75, 3.05) is 13.1 Å². The summed E-state index contributed by atoms with van der Waals surface area (Å²) in [5, 5.41) is 10.4. The molecule has 2 rings (SSSR count). The van der Waals surface area contributed by atoms with Crippen molar-refractivity contribution in [1.29, 1.82) is 0 Å². The van der Waals surface area contributed by atoms with Crippen LogP contribution in [0.25, 0.3) is 6.08 Å². The smallest absolute Gasteiger partial charge is 0.249 e. The largest absolute Gasteiger partial charge is 0.393 e. The van der Waals surface area contributed by atoms with Gasteiger partial charge in [-0.2, -0.15) is 0 Å². The Balaban J connectivity index is 2.10. The van der Waals surface area contributed by atoms with Gasteiger partial charge in [0.05, 0.1) is 6.10 Å². The first-order valence-corrected chi connectivity index (χ1v) is 7.77.